The first-order valence-corrected chi connectivity index (χ1v) is 10.5. The SMILES string of the molecule is CC(=O)NCc1ccc2c(c1)[C@H](N1CCN(C)CC1)Cc1ccccc1S2.Cl.Cl. The summed E-state index contributed by atoms with van der Waals surface area (Å²) in [6.45, 7) is 6.60. The molecule has 2 aliphatic heterocycles. The number of halogens is 2. The Balaban J connectivity index is 0.00000150. The molecule has 0 saturated carbocycles. The van der Waals surface area contributed by atoms with Gasteiger partial charge in [0.05, 0.1) is 0 Å². The first-order valence-electron chi connectivity index (χ1n) is 9.66. The van der Waals surface area contributed by atoms with Gasteiger partial charge in [-0.3, -0.25) is 9.69 Å². The molecule has 2 aromatic rings. The van der Waals surface area contributed by atoms with Crippen LogP contribution in [0.25, 0.3) is 0 Å². The van der Waals surface area contributed by atoms with Crippen LogP contribution in [0.1, 0.15) is 29.7 Å². The average molecular weight is 454 g/mol. The number of fused-ring (bicyclic) bond motifs is 2. The van der Waals surface area contributed by atoms with Crippen molar-refractivity contribution >= 4 is 42.5 Å². The van der Waals surface area contributed by atoms with E-state index in [9.17, 15) is 4.79 Å². The Hall–Kier alpha value is -1.24. The van der Waals surface area contributed by atoms with Crippen LogP contribution >= 0.6 is 36.6 Å². The summed E-state index contributed by atoms with van der Waals surface area (Å²) in [5.74, 6) is 0.0161. The third-order valence-corrected chi connectivity index (χ3v) is 6.77. The number of hydrogen-bond acceptors (Lipinski definition) is 4. The molecule has 1 amide bonds. The van der Waals surface area contributed by atoms with Crippen LogP contribution in [0.15, 0.2) is 52.3 Å². The molecule has 1 saturated heterocycles. The molecule has 2 heterocycles. The molecular formula is C22H29Cl2N3OS. The number of nitrogens with zero attached hydrogens (tertiary/aromatic N) is 2. The highest BCUT2D eigenvalue weighted by atomic mass is 35.5. The largest absolute Gasteiger partial charge is 0.352 e. The van der Waals surface area contributed by atoms with Gasteiger partial charge in [0, 0.05) is 55.5 Å². The van der Waals surface area contributed by atoms with Crippen molar-refractivity contribution in [2.45, 2.75) is 35.7 Å². The molecule has 29 heavy (non-hydrogen) atoms. The number of carbonyl (C=O) groups is 1. The van der Waals surface area contributed by atoms with Gasteiger partial charge in [0.1, 0.15) is 0 Å². The number of piperazine rings is 1. The van der Waals surface area contributed by atoms with Crippen molar-refractivity contribution in [2.75, 3.05) is 33.2 Å². The lowest BCUT2D eigenvalue weighted by Crippen LogP contribution is -2.46. The fourth-order valence-electron chi connectivity index (χ4n) is 3.96. The Morgan fingerprint density at radius 1 is 1.07 bits per heavy atom. The molecule has 2 aliphatic rings. The van der Waals surface area contributed by atoms with Crippen molar-refractivity contribution < 1.29 is 4.79 Å². The first-order chi connectivity index (χ1) is 13.1. The zero-order valence-corrected chi connectivity index (χ0v) is 19.3. The molecule has 0 aromatic heterocycles. The van der Waals surface area contributed by atoms with Crippen molar-refractivity contribution in [2.24, 2.45) is 0 Å². The normalized spacial score (nSPS) is 19.0. The van der Waals surface area contributed by atoms with Gasteiger partial charge in [0.15, 0.2) is 0 Å². The lowest BCUT2D eigenvalue weighted by atomic mass is 9.95. The molecule has 4 nitrogen and oxygen atoms in total. The maximum Gasteiger partial charge on any atom is 0.217 e. The second kappa shape index (κ2) is 10.7. The van der Waals surface area contributed by atoms with E-state index >= 15 is 0 Å². The molecular weight excluding hydrogens is 425 g/mol. The molecule has 0 bridgehead atoms. The Morgan fingerprint density at radius 3 is 2.52 bits per heavy atom. The average Bonchev–Trinajstić information content (AvgIpc) is 2.83. The molecule has 2 aromatic carbocycles. The van der Waals surface area contributed by atoms with Crippen LogP contribution in [0.3, 0.4) is 0 Å². The van der Waals surface area contributed by atoms with Gasteiger partial charge in [0.2, 0.25) is 5.91 Å². The second-order valence-corrected chi connectivity index (χ2v) is 8.63. The van der Waals surface area contributed by atoms with Gasteiger partial charge in [0.25, 0.3) is 0 Å². The van der Waals surface area contributed by atoms with Crippen LogP contribution in [-0.4, -0.2) is 48.9 Å². The van der Waals surface area contributed by atoms with E-state index in [1.165, 1.54) is 26.5 Å². The van der Waals surface area contributed by atoms with Gasteiger partial charge in [-0.25, -0.2) is 0 Å². The van der Waals surface area contributed by atoms with E-state index in [2.05, 4.69) is 64.6 Å². The highest BCUT2D eigenvalue weighted by molar-refractivity contribution is 7.99. The van der Waals surface area contributed by atoms with Crippen LogP contribution in [0, 0.1) is 0 Å². The van der Waals surface area contributed by atoms with E-state index in [0.717, 1.165) is 32.6 Å². The summed E-state index contributed by atoms with van der Waals surface area (Å²) in [6.07, 6.45) is 1.05. The van der Waals surface area contributed by atoms with E-state index in [-0.39, 0.29) is 30.7 Å². The minimum Gasteiger partial charge on any atom is -0.352 e. The topological polar surface area (TPSA) is 35.6 Å². The predicted molar refractivity (Wildman–Crippen MR) is 125 cm³/mol. The van der Waals surface area contributed by atoms with Gasteiger partial charge in [-0.05, 0) is 42.3 Å². The second-order valence-electron chi connectivity index (χ2n) is 7.55. The lowest BCUT2D eigenvalue weighted by Gasteiger charge is -2.38. The summed E-state index contributed by atoms with van der Waals surface area (Å²) in [7, 11) is 2.20. The highest BCUT2D eigenvalue weighted by Gasteiger charge is 2.29. The minimum absolute atomic E-state index is 0. The number of nitrogens with one attached hydrogen (secondary N) is 1. The summed E-state index contributed by atoms with van der Waals surface area (Å²) in [6, 6.07) is 15.9. The van der Waals surface area contributed by atoms with Gasteiger partial charge < -0.3 is 10.2 Å². The third-order valence-electron chi connectivity index (χ3n) is 5.56. The van der Waals surface area contributed by atoms with Crippen LogP contribution in [-0.2, 0) is 17.8 Å². The smallest absolute Gasteiger partial charge is 0.217 e. The standard InChI is InChI=1S/C22H27N3OS.2ClH/c1-16(26)23-15-17-7-8-22-19(13-17)20(25-11-9-24(2)10-12-25)14-18-5-3-4-6-21(18)27-22;;/h3-8,13,20H,9-12,14-15H2,1-2H3,(H,23,26);2*1H/t20-;;/m1../s1. The van der Waals surface area contributed by atoms with Crippen molar-refractivity contribution in [1.29, 1.82) is 0 Å². The van der Waals surface area contributed by atoms with Crippen LogP contribution in [0.2, 0.25) is 0 Å². The fraction of sp³-hybridized carbons (Fsp3) is 0.409. The number of rotatable bonds is 3. The maximum atomic E-state index is 11.3. The van der Waals surface area contributed by atoms with E-state index in [4.69, 9.17) is 0 Å². The molecule has 4 rings (SSSR count). The van der Waals surface area contributed by atoms with E-state index in [1.54, 1.807) is 6.92 Å². The summed E-state index contributed by atoms with van der Waals surface area (Å²) in [5, 5.41) is 2.94. The summed E-state index contributed by atoms with van der Waals surface area (Å²) >= 11 is 1.88. The predicted octanol–water partition coefficient (Wildman–Crippen LogP) is 4.16. The maximum absolute atomic E-state index is 11.3. The number of hydrogen-bond donors (Lipinski definition) is 1. The van der Waals surface area contributed by atoms with Crippen LogP contribution < -0.4 is 5.32 Å². The van der Waals surface area contributed by atoms with E-state index in [0.29, 0.717) is 12.6 Å². The highest BCUT2D eigenvalue weighted by Crippen LogP contribution is 2.43. The lowest BCUT2D eigenvalue weighted by molar-refractivity contribution is -0.119. The zero-order valence-electron chi connectivity index (χ0n) is 16.9. The van der Waals surface area contributed by atoms with Gasteiger partial charge in [-0.15, -0.1) is 24.8 Å². The van der Waals surface area contributed by atoms with E-state index in [1.807, 2.05) is 11.8 Å². The summed E-state index contributed by atoms with van der Waals surface area (Å²) in [5.41, 5.74) is 4.02. The Labute approximate surface area is 190 Å². The van der Waals surface area contributed by atoms with Gasteiger partial charge in [-0.2, -0.15) is 0 Å². The Bertz CT molecular complexity index is 841. The molecule has 0 radical (unpaired) electrons. The zero-order chi connectivity index (χ0) is 18.8. The molecule has 158 valence electrons. The fourth-order valence-corrected chi connectivity index (χ4v) is 5.07. The van der Waals surface area contributed by atoms with Crippen molar-refractivity contribution in [3.63, 3.8) is 0 Å². The van der Waals surface area contributed by atoms with E-state index < -0.39 is 0 Å². The molecule has 0 spiro atoms. The molecule has 0 unspecified atom stereocenters. The molecule has 0 aliphatic carbocycles. The molecule has 7 heteroatoms. The van der Waals surface area contributed by atoms with Crippen LogP contribution in [0.4, 0.5) is 0 Å². The van der Waals surface area contributed by atoms with Gasteiger partial charge >= 0.3 is 0 Å². The molecule has 1 fully saturated rings. The van der Waals surface area contributed by atoms with Crippen LogP contribution in [0.5, 0.6) is 0 Å². The summed E-state index contributed by atoms with van der Waals surface area (Å²) in [4.78, 5) is 19.1. The Kier molecular flexibility index (Phi) is 8.86. The Morgan fingerprint density at radius 2 is 1.79 bits per heavy atom. The van der Waals surface area contributed by atoms with Crippen molar-refractivity contribution in [3.05, 3.63) is 59.2 Å². The monoisotopic (exact) mass is 453 g/mol. The van der Waals surface area contributed by atoms with Crippen molar-refractivity contribution in [3.8, 4) is 0 Å². The number of benzene rings is 2. The number of amides is 1. The first kappa shape index (κ1) is 24.0. The van der Waals surface area contributed by atoms with Crippen molar-refractivity contribution in [1.82, 2.24) is 15.1 Å². The summed E-state index contributed by atoms with van der Waals surface area (Å²) < 4.78 is 0. The number of carbonyl (C=O) groups excluding carboxylic acids is 1. The minimum atomic E-state index is 0. The molecule has 1 N–H and O–H groups in total. The van der Waals surface area contributed by atoms with Gasteiger partial charge in [-0.1, -0.05) is 42.1 Å². The molecule has 1 atom stereocenters. The third kappa shape index (κ3) is 5.68. The number of likely N-dealkylation sites (N-methyl/N-ethyl adjacent to an activating group) is 1. The quantitative estimate of drug-likeness (QED) is 0.756.